The summed E-state index contributed by atoms with van der Waals surface area (Å²) in [4.78, 5) is 23.4. The zero-order valence-corrected chi connectivity index (χ0v) is 11.9. The van der Waals surface area contributed by atoms with E-state index in [-0.39, 0.29) is 30.2 Å². The Labute approximate surface area is 121 Å². The van der Waals surface area contributed by atoms with Gasteiger partial charge in [0, 0.05) is 12.7 Å². The molecule has 0 aliphatic carbocycles. The van der Waals surface area contributed by atoms with Crippen LogP contribution in [0.4, 0.5) is 0 Å². The Balaban J connectivity index is 2.83. The van der Waals surface area contributed by atoms with Crippen molar-refractivity contribution in [2.24, 2.45) is 0 Å². The van der Waals surface area contributed by atoms with Gasteiger partial charge in [0.2, 0.25) is 5.43 Å². The predicted octanol–water partition coefficient (Wildman–Crippen LogP) is 1.48. The maximum absolute atomic E-state index is 12.3. The van der Waals surface area contributed by atoms with Gasteiger partial charge in [-0.1, -0.05) is 6.07 Å². The third kappa shape index (κ3) is 2.90. The summed E-state index contributed by atoms with van der Waals surface area (Å²) in [6.45, 7) is 3.72. The predicted molar refractivity (Wildman–Crippen MR) is 78.0 cm³/mol. The molecule has 0 saturated carbocycles. The van der Waals surface area contributed by atoms with Gasteiger partial charge in [0.25, 0.3) is 0 Å². The van der Waals surface area contributed by atoms with Crippen LogP contribution < -0.4 is 10.2 Å². The van der Waals surface area contributed by atoms with Crippen LogP contribution in [0.3, 0.4) is 0 Å². The zero-order chi connectivity index (χ0) is 15.6. The molecule has 21 heavy (non-hydrogen) atoms. The number of carboxylic acid groups (broad SMARTS) is 1. The van der Waals surface area contributed by atoms with Crippen molar-refractivity contribution in [2.45, 2.75) is 26.5 Å². The number of carbonyl (C=O) groups is 1. The second-order valence-corrected chi connectivity index (χ2v) is 4.91. The van der Waals surface area contributed by atoms with Crippen LogP contribution in [0.25, 0.3) is 10.9 Å². The normalized spacial score (nSPS) is 11.0. The molecule has 1 heterocycles. The average Bonchev–Trinajstić information content (AvgIpc) is 2.41. The standard InChI is InChI=1S/C15H17NO5/c1-9(2)21-12-5-3-4-10-13(12)16(6-7-17)8-11(14(10)18)15(19)20/h3-5,8-9,17H,6-7H2,1-2H3,(H,19,20). The monoisotopic (exact) mass is 291 g/mol. The Morgan fingerprint density at radius 2 is 2.10 bits per heavy atom. The number of aromatic nitrogens is 1. The highest BCUT2D eigenvalue weighted by molar-refractivity contribution is 5.94. The number of pyridine rings is 1. The Bertz CT molecular complexity index is 733. The lowest BCUT2D eigenvalue weighted by Gasteiger charge is -2.17. The van der Waals surface area contributed by atoms with Crippen LogP contribution in [0.5, 0.6) is 5.75 Å². The van der Waals surface area contributed by atoms with Gasteiger partial charge in [-0.15, -0.1) is 0 Å². The second kappa shape index (κ2) is 5.97. The lowest BCUT2D eigenvalue weighted by Crippen LogP contribution is -2.20. The van der Waals surface area contributed by atoms with E-state index in [1.54, 1.807) is 18.2 Å². The van der Waals surface area contributed by atoms with Crippen LogP contribution in [-0.2, 0) is 6.54 Å². The highest BCUT2D eigenvalue weighted by atomic mass is 16.5. The summed E-state index contributed by atoms with van der Waals surface area (Å²) in [5.41, 5.74) is -0.381. The number of benzene rings is 1. The van der Waals surface area contributed by atoms with Crippen molar-refractivity contribution in [3.8, 4) is 5.75 Å². The Morgan fingerprint density at radius 1 is 1.38 bits per heavy atom. The number of hydrogen-bond donors (Lipinski definition) is 2. The summed E-state index contributed by atoms with van der Waals surface area (Å²) in [6, 6.07) is 4.93. The molecular formula is C15H17NO5. The third-order valence-corrected chi connectivity index (χ3v) is 2.99. The number of nitrogens with zero attached hydrogens (tertiary/aromatic N) is 1. The molecule has 1 aromatic heterocycles. The molecule has 6 nitrogen and oxygen atoms in total. The van der Waals surface area contributed by atoms with Gasteiger partial charge < -0.3 is 19.5 Å². The summed E-state index contributed by atoms with van der Waals surface area (Å²) in [7, 11) is 0. The second-order valence-electron chi connectivity index (χ2n) is 4.91. The number of rotatable bonds is 5. The van der Waals surface area contributed by atoms with E-state index in [9.17, 15) is 9.59 Å². The van der Waals surface area contributed by atoms with E-state index in [1.807, 2.05) is 13.8 Å². The number of ether oxygens (including phenoxy) is 1. The SMILES string of the molecule is CC(C)Oc1cccc2c(=O)c(C(=O)O)cn(CCO)c12. The van der Waals surface area contributed by atoms with E-state index in [1.165, 1.54) is 10.8 Å². The first-order chi connectivity index (χ1) is 9.95. The lowest BCUT2D eigenvalue weighted by atomic mass is 10.1. The van der Waals surface area contributed by atoms with Gasteiger partial charge in [-0.05, 0) is 26.0 Å². The summed E-state index contributed by atoms with van der Waals surface area (Å²) >= 11 is 0. The molecule has 0 unspecified atom stereocenters. The first-order valence-electron chi connectivity index (χ1n) is 6.62. The van der Waals surface area contributed by atoms with E-state index in [0.29, 0.717) is 11.3 Å². The molecule has 0 fully saturated rings. The van der Waals surface area contributed by atoms with Crippen LogP contribution in [0.15, 0.2) is 29.2 Å². The van der Waals surface area contributed by atoms with E-state index < -0.39 is 11.4 Å². The molecule has 0 amide bonds. The topological polar surface area (TPSA) is 88.8 Å². The fourth-order valence-electron chi connectivity index (χ4n) is 2.21. The van der Waals surface area contributed by atoms with E-state index in [4.69, 9.17) is 14.9 Å². The number of hydrogen-bond acceptors (Lipinski definition) is 4. The highest BCUT2D eigenvalue weighted by Gasteiger charge is 2.17. The molecule has 0 aliphatic rings. The number of aromatic carboxylic acids is 1. The van der Waals surface area contributed by atoms with E-state index in [0.717, 1.165) is 0 Å². The van der Waals surface area contributed by atoms with Gasteiger partial charge in [-0.2, -0.15) is 0 Å². The molecule has 0 bridgehead atoms. The fourth-order valence-corrected chi connectivity index (χ4v) is 2.21. The molecule has 0 radical (unpaired) electrons. The van der Waals surface area contributed by atoms with Crippen molar-refractivity contribution in [3.05, 3.63) is 40.2 Å². The van der Waals surface area contributed by atoms with Gasteiger partial charge in [0.1, 0.15) is 11.3 Å². The molecule has 2 N–H and O–H groups in total. The molecule has 0 spiro atoms. The summed E-state index contributed by atoms with van der Waals surface area (Å²) in [5.74, 6) is -0.797. The fraction of sp³-hybridized carbons (Fsp3) is 0.333. The maximum atomic E-state index is 12.3. The highest BCUT2D eigenvalue weighted by Crippen LogP contribution is 2.25. The molecule has 0 aliphatic heterocycles. The summed E-state index contributed by atoms with van der Waals surface area (Å²) < 4.78 is 7.22. The van der Waals surface area contributed by atoms with Crippen molar-refractivity contribution in [1.82, 2.24) is 4.57 Å². The minimum absolute atomic E-state index is 0.0903. The molecule has 2 rings (SSSR count). The number of aliphatic hydroxyl groups excluding tert-OH is 1. The van der Waals surface area contributed by atoms with Crippen LogP contribution in [0, 0.1) is 0 Å². The summed E-state index contributed by atoms with van der Waals surface area (Å²) in [5, 5.41) is 18.6. The number of aliphatic hydroxyl groups is 1. The van der Waals surface area contributed by atoms with Gasteiger partial charge in [-0.25, -0.2) is 4.79 Å². The average molecular weight is 291 g/mol. The molecular weight excluding hydrogens is 274 g/mol. The quantitative estimate of drug-likeness (QED) is 0.871. The largest absolute Gasteiger partial charge is 0.489 e. The van der Waals surface area contributed by atoms with E-state index in [2.05, 4.69) is 0 Å². The first kappa shape index (κ1) is 15.1. The van der Waals surface area contributed by atoms with E-state index >= 15 is 0 Å². The van der Waals surface area contributed by atoms with Gasteiger partial charge in [0.05, 0.1) is 23.6 Å². The minimum Gasteiger partial charge on any atom is -0.489 e. The van der Waals surface area contributed by atoms with Crippen molar-refractivity contribution in [2.75, 3.05) is 6.61 Å². The van der Waals surface area contributed by atoms with Gasteiger partial charge in [-0.3, -0.25) is 4.79 Å². The lowest BCUT2D eigenvalue weighted by molar-refractivity contribution is 0.0694. The number of fused-ring (bicyclic) bond motifs is 1. The van der Waals surface area contributed by atoms with Crippen LogP contribution >= 0.6 is 0 Å². The number of carboxylic acids is 1. The third-order valence-electron chi connectivity index (χ3n) is 2.99. The van der Waals surface area contributed by atoms with Crippen LogP contribution in [0.2, 0.25) is 0 Å². The minimum atomic E-state index is -1.29. The Kier molecular flexibility index (Phi) is 4.28. The molecule has 0 saturated heterocycles. The Hall–Kier alpha value is -2.34. The van der Waals surface area contributed by atoms with Crippen molar-refractivity contribution in [3.63, 3.8) is 0 Å². The summed E-state index contributed by atoms with van der Waals surface area (Å²) in [6.07, 6.45) is 1.16. The number of para-hydroxylation sites is 1. The van der Waals surface area contributed by atoms with Crippen molar-refractivity contribution in [1.29, 1.82) is 0 Å². The first-order valence-corrected chi connectivity index (χ1v) is 6.62. The van der Waals surface area contributed by atoms with Gasteiger partial charge >= 0.3 is 5.97 Å². The maximum Gasteiger partial charge on any atom is 0.341 e. The van der Waals surface area contributed by atoms with Crippen LogP contribution in [-0.4, -0.2) is 33.5 Å². The molecule has 1 aromatic carbocycles. The molecule has 2 aromatic rings. The van der Waals surface area contributed by atoms with Crippen LogP contribution in [0.1, 0.15) is 24.2 Å². The van der Waals surface area contributed by atoms with Gasteiger partial charge in [0.15, 0.2) is 0 Å². The molecule has 0 atom stereocenters. The van der Waals surface area contributed by atoms with Crippen molar-refractivity contribution < 1.29 is 19.7 Å². The zero-order valence-electron chi connectivity index (χ0n) is 11.9. The molecule has 112 valence electrons. The molecule has 6 heteroatoms. The smallest absolute Gasteiger partial charge is 0.341 e. The Morgan fingerprint density at radius 3 is 2.67 bits per heavy atom. The van der Waals surface area contributed by atoms with Crippen molar-refractivity contribution >= 4 is 16.9 Å².